The van der Waals surface area contributed by atoms with Gasteiger partial charge in [0.2, 0.25) is 0 Å². The Bertz CT molecular complexity index is 3780. The van der Waals surface area contributed by atoms with E-state index < -0.39 is 11.2 Å². The van der Waals surface area contributed by atoms with Crippen molar-refractivity contribution in [2.75, 3.05) is 68.5 Å². The summed E-state index contributed by atoms with van der Waals surface area (Å²) in [5.74, 6) is 2.64. The summed E-state index contributed by atoms with van der Waals surface area (Å²) in [4.78, 5) is 72.5. The van der Waals surface area contributed by atoms with Crippen molar-refractivity contribution in [2.45, 2.75) is 109 Å². The second-order valence-corrected chi connectivity index (χ2v) is 23.3. The van der Waals surface area contributed by atoms with Crippen molar-refractivity contribution in [2.24, 2.45) is 0 Å². The fourth-order valence-corrected chi connectivity index (χ4v) is 10.4. The number of carbonyl (C=O) groups excluding carboxylic acids is 2. The summed E-state index contributed by atoms with van der Waals surface area (Å²) in [5, 5.41) is 6.80. The molecule has 3 atom stereocenters. The van der Waals surface area contributed by atoms with Crippen LogP contribution in [0.15, 0.2) is 110 Å². The van der Waals surface area contributed by atoms with E-state index in [1.165, 1.54) is 43.2 Å². The third kappa shape index (κ3) is 14.7. The van der Waals surface area contributed by atoms with Gasteiger partial charge in [-0.3, -0.25) is 13.2 Å². The molecule has 12 rings (SSSR count). The van der Waals surface area contributed by atoms with E-state index >= 15 is 0 Å². The van der Waals surface area contributed by atoms with Crippen molar-refractivity contribution in [3.05, 3.63) is 128 Å². The van der Waals surface area contributed by atoms with E-state index in [0.717, 1.165) is 56.8 Å². The van der Waals surface area contributed by atoms with Gasteiger partial charge in [-0.15, -0.1) is 0 Å². The predicted octanol–water partition coefficient (Wildman–Crippen LogP) is 9.63. The van der Waals surface area contributed by atoms with Crippen LogP contribution in [0.2, 0.25) is 0 Å². The number of carbonyl (C=O) groups is 2. The van der Waals surface area contributed by atoms with Gasteiger partial charge in [0.05, 0.1) is 18.6 Å². The summed E-state index contributed by atoms with van der Waals surface area (Å²) in [6, 6.07) is 15.1. The number of amides is 2. The standard InChI is InChI=1S/C22H27FN6O2.C21H25FN6O2.C17H19FN6/c1-22(2,3)31-21(30)28-11-5-6-16(14-28)27(4)19-9-10-24-20(26-19)17-12-25-18-8-7-15(23)13-29(17)18;1-21(2,3)30-20(29)27-10-4-5-15(13-27)25-17-8-9-23-19(26-17)16-11-24-18-7-6-14(22)12-28(16)18;1-23(13-3-2-7-19-9-13)16-6-8-20-17(22-16)14-10-21-15-5-4-12(18)11-24(14)15/h7-10,12-13,16H,5-6,11,14H2,1-4H3;6-9,11-12,15H,4-5,10,13H2,1-3H3,(H,23,25,26);4-6,8,10-11,13,19H,2-3,7,9H2,1H3/t16-;15-;13-/m111/s1. The molecule has 0 spiro atoms. The van der Waals surface area contributed by atoms with Gasteiger partial charge in [0.15, 0.2) is 17.5 Å². The van der Waals surface area contributed by atoms with Gasteiger partial charge in [-0.05, 0) is 141 Å². The molecule has 2 amide bonds. The van der Waals surface area contributed by atoms with Crippen LogP contribution in [0.1, 0.15) is 80.1 Å². The maximum absolute atomic E-state index is 13.7. The number of halogens is 3. The van der Waals surface area contributed by atoms with Crippen LogP contribution >= 0.6 is 0 Å². The van der Waals surface area contributed by atoms with Crippen molar-refractivity contribution in [1.29, 1.82) is 0 Å². The smallest absolute Gasteiger partial charge is 0.410 e. The van der Waals surface area contributed by atoms with Gasteiger partial charge in [-0.1, -0.05) is 0 Å². The number of fused-ring (bicyclic) bond motifs is 3. The topological polar surface area (TPSA) is 219 Å². The molecule has 9 aromatic heterocycles. The van der Waals surface area contributed by atoms with E-state index in [-0.39, 0.29) is 41.7 Å². The van der Waals surface area contributed by atoms with Crippen LogP contribution in [0.5, 0.6) is 0 Å². The Morgan fingerprint density at radius 2 is 0.988 bits per heavy atom. The Balaban J connectivity index is 0.000000143. The number of piperidine rings is 3. The molecule has 9 aromatic rings. The lowest BCUT2D eigenvalue weighted by molar-refractivity contribution is 0.0192. The normalized spacial score (nSPS) is 17.4. The van der Waals surface area contributed by atoms with E-state index in [4.69, 9.17) is 14.5 Å². The number of likely N-dealkylation sites (tertiary alicyclic amines) is 2. The van der Waals surface area contributed by atoms with Gasteiger partial charge in [-0.2, -0.15) is 0 Å². The molecular formula is C60H71F3N18O4. The summed E-state index contributed by atoms with van der Waals surface area (Å²) in [6.45, 7) is 15.7. The van der Waals surface area contributed by atoms with Gasteiger partial charge in [0.25, 0.3) is 0 Å². The molecule has 12 heterocycles. The lowest BCUT2D eigenvalue weighted by Crippen LogP contribution is -2.50. The summed E-state index contributed by atoms with van der Waals surface area (Å²) in [5.41, 5.74) is 2.77. The number of hydrogen-bond donors (Lipinski definition) is 2. The first-order valence-corrected chi connectivity index (χ1v) is 28.5. The quantitative estimate of drug-likeness (QED) is 0.137. The van der Waals surface area contributed by atoms with E-state index in [2.05, 4.69) is 67.4 Å². The van der Waals surface area contributed by atoms with Crippen molar-refractivity contribution in [1.82, 2.24) is 73.2 Å². The largest absolute Gasteiger partial charge is 0.444 e. The Morgan fingerprint density at radius 1 is 0.553 bits per heavy atom. The molecule has 22 nitrogen and oxygen atoms in total. The zero-order chi connectivity index (χ0) is 60.0. The van der Waals surface area contributed by atoms with Gasteiger partial charge >= 0.3 is 12.2 Å². The monoisotopic (exact) mass is 1160 g/mol. The number of rotatable bonds is 9. The fourth-order valence-electron chi connectivity index (χ4n) is 10.4. The Kier molecular flexibility index (Phi) is 17.7. The van der Waals surface area contributed by atoms with E-state index in [0.29, 0.717) is 89.5 Å². The number of nitrogens with zero attached hydrogens (tertiary/aromatic N) is 16. The highest BCUT2D eigenvalue weighted by atomic mass is 19.1. The SMILES string of the molecule is CC(C)(C)OC(=O)N1CCC[C@@H](Nc2ccnc(-c3cnc4ccc(F)cn34)n2)C1.CN(c1ccnc(-c2cnc3ccc(F)cn23)n1)[C@@H]1CCCN(C(=O)OC(C)(C)C)C1.CN(c1ccnc(-c2cnc3ccc(F)cn23)n1)[C@@H]1CCCNC1. The van der Waals surface area contributed by atoms with E-state index in [1.54, 1.807) is 84.4 Å². The van der Waals surface area contributed by atoms with Gasteiger partial charge in [0, 0.05) is 102 Å². The van der Waals surface area contributed by atoms with Gasteiger partial charge in [0.1, 0.15) is 80.1 Å². The highest BCUT2D eigenvalue weighted by Crippen LogP contribution is 2.27. The Labute approximate surface area is 490 Å². The molecule has 3 aliphatic heterocycles. The number of ether oxygens (including phenoxy) is 2. The van der Waals surface area contributed by atoms with Crippen molar-refractivity contribution in [3.63, 3.8) is 0 Å². The molecule has 446 valence electrons. The van der Waals surface area contributed by atoms with Crippen LogP contribution in [0.4, 0.5) is 40.2 Å². The number of likely N-dealkylation sites (N-methyl/N-ethyl adjacent to an activating group) is 2. The molecule has 3 saturated heterocycles. The number of pyridine rings is 3. The average Bonchev–Trinajstić information content (AvgIpc) is 3.49. The Hall–Kier alpha value is -9.00. The van der Waals surface area contributed by atoms with Crippen LogP contribution in [0.3, 0.4) is 0 Å². The maximum atomic E-state index is 13.7. The fraction of sp³-hybridized carbons (Fsp3) is 0.417. The van der Waals surface area contributed by atoms with Crippen LogP contribution < -0.4 is 20.4 Å². The lowest BCUT2D eigenvalue weighted by atomic mass is 10.0. The van der Waals surface area contributed by atoms with E-state index in [1.807, 2.05) is 60.7 Å². The highest BCUT2D eigenvalue weighted by molar-refractivity contribution is 5.69. The molecule has 0 aliphatic carbocycles. The molecule has 3 fully saturated rings. The number of nitrogens with one attached hydrogen (secondary N) is 2. The first-order chi connectivity index (χ1) is 40.7. The predicted molar refractivity (Wildman–Crippen MR) is 317 cm³/mol. The zero-order valence-corrected chi connectivity index (χ0v) is 49.0. The van der Waals surface area contributed by atoms with Crippen molar-refractivity contribution >= 4 is 46.6 Å². The first kappa shape index (κ1) is 59.2. The third-order valence-electron chi connectivity index (χ3n) is 14.6. The van der Waals surface area contributed by atoms with Crippen LogP contribution in [-0.4, -0.2) is 163 Å². The summed E-state index contributed by atoms with van der Waals surface area (Å²) >= 11 is 0. The molecule has 3 aliphatic rings. The van der Waals surface area contributed by atoms with Crippen molar-refractivity contribution < 1.29 is 32.2 Å². The summed E-state index contributed by atoms with van der Waals surface area (Å²) < 4.78 is 56.9. The molecule has 0 unspecified atom stereocenters. The average molecular weight is 1170 g/mol. The number of hydrogen-bond acceptors (Lipinski definition) is 17. The third-order valence-corrected chi connectivity index (χ3v) is 14.6. The minimum absolute atomic E-state index is 0.0497. The number of imidazole rings is 3. The molecule has 25 heteroatoms. The maximum Gasteiger partial charge on any atom is 0.410 e. The molecular weight excluding hydrogens is 1090 g/mol. The second-order valence-electron chi connectivity index (χ2n) is 23.3. The molecule has 0 aromatic carbocycles. The molecule has 85 heavy (non-hydrogen) atoms. The second kappa shape index (κ2) is 25.5. The molecule has 0 bridgehead atoms. The first-order valence-electron chi connectivity index (χ1n) is 28.5. The minimum Gasteiger partial charge on any atom is -0.444 e. The number of anilines is 3. The zero-order valence-electron chi connectivity index (χ0n) is 49.0. The Morgan fingerprint density at radius 3 is 1.46 bits per heavy atom. The van der Waals surface area contributed by atoms with Gasteiger partial charge < -0.3 is 39.7 Å². The minimum atomic E-state index is -0.523. The molecule has 2 N–H and O–H groups in total. The summed E-state index contributed by atoms with van der Waals surface area (Å²) in [6.07, 6.45) is 19.5. The van der Waals surface area contributed by atoms with E-state index in [9.17, 15) is 22.8 Å². The molecule has 0 saturated carbocycles. The van der Waals surface area contributed by atoms with Crippen LogP contribution in [-0.2, 0) is 9.47 Å². The highest BCUT2D eigenvalue weighted by Gasteiger charge is 2.31. The number of aromatic nitrogens is 12. The van der Waals surface area contributed by atoms with Crippen molar-refractivity contribution in [3.8, 4) is 34.6 Å². The van der Waals surface area contributed by atoms with Crippen LogP contribution in [0.25, 0.3) is 51.5 Å². The van der Waals surface area contributed by atoms with Crippen LogP contribution in [0, 0.1) is 17.5 Å². The molecule has 0 radical (unpaired) electrons. The van der Waals surface area contributed by atoms with Gasteiger partial charge in [-0.25, -0.2) is 67.6 Å². The summed E-state index contributed by atoms with van der Waals surface area (Å²) in [7, 11) is 4.02. The lowest BCUT2D eigenvalue weighted by Gasteiger charge is -2.38.